The van der Waals surface area contributed by atoms with Gasteiger partial charge in [-0.25, -0.2) is 8.42 Å². The number of nitrogens with one attached hydrogen (secondary N) is 2. The summed E-state index contributed by atoms with van der Waals surface area (Å²) in [5.41, 5.74) is 1.31. The maximum Gasteiger partial charge on any atom is 0.261 e. The summed E-state index contributed by atoms with van der Waals surface area (Å²) < 4.78 is 27.5. The minimum atomic E-state index is -3.78. The highest BCUT2D eigenvalue weighted by Crippen LogP contribution is 2.24. The number of rotatable bonds is 6. The minimum Gasteiger partial charge on any atom is -0.349 e. The Morgan fingerprint density at radius 1 is 0.897 bits per heavy atom. The van der Waals surface area contributed by atoms with Crippen LogP contribution < -0.4 is 10.0 Å². The second kappa shape index (κ2) is 8.78. The Hall–Kier alpha value is -2.67. The fourth-order valence-electron chi connectivity index (χ4n) is 3.55. The van der Waals surface area contributed by atoms with Crippen molar-refractivity contribution in [2.75, 3.05) is 4.72 Å². The van der Waals surface area contributed by atoms with Gasteiger partial charge in [-0.05, 0) is 62.1 Å². The van der Waals surface area contributed by atoms with Crippen molar-refractivity contribution in [1.29, 1.82) is 0 Å². The zero-order valence-electron chi connectivity index (χ0n) is 16.6. The topological polar surface area (TPSA) is 92.3 Å². The van der Waals surface area contributed by atoms with Gasteiger partial charge in [-0.3, -0.25) is 14.3 Å². The molecule has 1 amide bonds. The zero-order chi connectivity index (χ0) is 21.0. The molecule has 2 unspecified atom stereocenters. The van der Waals surface area contributed by atoms with Crippen LogP contribution in [0, 0.1) is 5.92 Å². The van der Waals surface area contributed by atoms with Crippen molar-refractivity contribution in [3.8, 4) is 0 Å². The molecule has 0 saturated heterocycles. The monoisotopic (exact) mass is 414 g/mol. The van der Waals surface area contributed by atoms with Crippen molar-refractivity contribution in [3.05, 3.63) is 59.7 Å². The molecular weight excluding hydrogens is 388 g/mol. The molecule has 0 radical (unpaired) electrons. The fraction of sp³-hybridized carbons (Fsp3) is 0.364. The van der Waals surface area contributed by atoms with Crippen molar-refractivity contribution in [1.82, 2.24) is 5.32 Å². The first-order valence-electron chi connectivity index (χ1n) is 9.81. The van der Waals surface area contributed by atoms with Crippen molar-refractivity contribution in [2.24, 2.45) is 5.92 Å². The Kier molecular flexibility index (Phi) is 6.37. The van der Waals surface area contributed by atoms with E-state index in [1.165, 1.54) is 37.6 Å². The van der Waals surface area contributed by atoms with Crippen LogP contribution in [0.3, 0.4) is 0 Å². The Bertz CT molecular complexity index is 982. The summed E-state index contributed by atoms with van der Waals surface area (Å²) in [6, 6.07) is 12.3. The highest BCUT2D eigenvalue weighted by molar-refractivity contribution is 7.92. The van der Waals surface area contributed by atoms with Crippen molar-refractivity contribution in [2.45, 2.75) is 50.5 Å². The molecule has 2 N–H and O–H groups in total. The Balaban J connectivity index is 1.66. The molecule has 6 nitrogen and oxygen atoms in total. The fourth-order valence-corrected chi connectivity index (χ4v) is 4.61. The molecule has 29 heavy (non-hydrogen) atoms. The van der Waals surface area contributed by atoms with Gasteiger partial charge in [0.15, 0.2) is 5.78 Å². The first-order chi connectivity index (χ1) is 13.8. The molecule has 0 aliphatic heterocycles. The molecule has 1 aliphatic rings. The van der Waals surface area contributed by atoms with Gasteiger partial charge in [0, 0.05) is 22.9 Å². The molecule has 154 valence electrons. The van der Waals surface area contributed by atoms with E-state index in [0.29, 0.717) is 22.7 Å². The van der Waals surface area contributed by atoms with Gasteiger partial charge in [0.25, 0.3) is 15.9 Å². The molecule has 7 heteroatoms. The molecule has 2 atom stereocenters. The molecule has 0 heterocycles. The summed E-state index contributed by atoms with van der Waals surface area (Å²) >= 11 is 0. The van der Waals surface area contributed by atoms with E-state index in [-0.39, 0.29) is 22.6 Å². The van der Waals surface area contributed by atoms with Gasteiger partial charge in [-0.2, -0.15) is 0 Å². The van der Waals surface area contributed by atoms with Crippen LogP contribution in [-0.4, -0.2) is 26.2 Å². The molecule has 1 saturated carbocycles. The molecule has 0 bridgehead atoms. The Morgan fingerprint density at radius 3 is 2.07 bits per heavy atom. The van der Waals surface area contributed by atoms with Gasteiger partial charge in [0.1, 0.15) is 0 Å². The van der Waals surface area contributed by atoms with Gasteiger partial charge < -0.3 is 5.32 Å². The molecule has 2 aromatic carbocycles. The molecule has 3 rings (SSSR count). The van der Waals surface area contributed by atoms with Gasteiger partial charge in [0.05, 0.1) is 4.90 Å². The van der Waals surface area contributed by atoms with Gasteiger partial charge in [-0.15, -0.1) is 0 Å². The number of hydrogen-bond donors (Lipinski definition) is 2. The van der Waals surface area contributed by atoms with Gasteiger partial charge in [-0.1, -0.05) is 31.9 Å². The van der Waals surface area contributed by atoms with E-state index >= 15 is 0 Å². The standard InChI is InChI=1S/C22H26N2O4S/c1-15-5-3-4-6-21(15)23-22(26)18-7-11-19(12-8-18)24-29(27,28)20-13-9-17(10-14-20)16(2)25/h7-15,21,24H,3-6H2,1-2H3,(H,23,26). The van der Waals surface area contributed by atoms with Gasteiger partial charge in [0.2, 0.25) is 0 Å². The molecule has 1 fully saturated rings. The number of amides is 1. The van der Waals surface area contributed by atoms with Crippen LogP contribution in [0.4, 0.5) is 5.69 Å². The Labute approximate surface area is 171 Å². The predicted octanol–water partition coefficient (Wildman–Crippen LogP) is 4.00. The number of carbonyl (C=O) groups excluding carboxylic acids is 2. The summed E-state index contributed by atoms with van der Waals surface area (Å²) in [7, 11) is -3.78. The third-order valence-electron chi connectivity index (χ3n) is 5.40. The summed E-state index contributed by atoms with van der Waals surface area (Å²) in [4.78, 5) is 23.9. The molecule has 0 spiro atoms. The summed E-state index contributed by atoms with van der Waals surface area (Å²) in [6.45, 7) is 3.58. The summed E-state index contributed by atoms with van der Waals surface area (Å²) in [5.74, 6) is 0.199. The number of anilines is 1. The number of sulfonamides is 1. The quantitative estimate of drug-likeness (QED) is 0.699. The largest absolute Gasteiger partial charge is 0.349 e. The van der Waals surface area contributed by atoms with Crippen molar-refractivity contribution >= 4 is 27.4 Å². The van der Waals surface area contributed by atoms with E-state index in [1.54, 1.807) is 24.3 Å². The normalized spacial score (nSPS) is 19.4. The van der Waals surface area contributed by atoms with Crippen LogP contribution in [0.15, 0.2) is 53.4 Å². The highest BCUT2D eigenvalue weighted by Gasteiger charge is 2.23. The lowest BCUT2D eigenvalue weighted by atomic mass is 9.86. The molecule has 2 aromatic rings. The van der Waals surface area contributed by atoms with E-state index in [0.717, 1.165) is 19.3 Å². The first-order valence-corrected chi connectivity index (χ1v) is 11.3. The zero-order valence-corrected chi connectivity index (χ0v) is 17.5. The van der Waals surface area contributed by atoms with E-state index in [2.05, 4.69) is 17.0 Å². The predicted molar refractivity (Wildman–Crippen MR) is 113 cm³/mol. The van der Waals surface area contributed by atoms with Crippen LogP contribution in [0.5, 0.6) is 0 Å². The second-order valence-corrected chi connectivity index (χ2v) is 9.29. The third-order valence-corrected chi connectivity index (χ3v) is 6.80. The van der Waals surface area contributed by atoms with E-state index in [9.17, 15) is 18.0 Å². The van der Waals surface area contributed by atoms with Crippen molar-refractivity contribution in [3.63, 3.8) is 0 Å². The van der Waals surface area contributed by atoms with E-state index in [4.69, 9.17) is 0 Å². The molecular formula is C22H26N2O4S. The lowest BCUT2D eigenvalue weighted by Gasteiger charge is -2.29. The third kappa shape index (κ3) is 5.23. The smallest absolute Gasteiger partial charge is 0.261 e. The summed E-state index contributed by atoms with van der Waals surface area (Å²) in [5, 5.41) is 3.09. The molecule has 1 aliphatic carbocycles. The van der Waals surface area contributed by atoms with E-state index < -0.39 is 10.0 Å². The first kappa shape index (κ1) is 21.0. The summed E-state index contributed by atoms with van der Waals surface area (Å²) in [6.07, 6.45) is 4.45. The average molecular weight is 415 g/mol. The van der Waals surface area contributed by atoms with Gasteiger partial charge >= 0.3 is 0 Å². The van der Waals surface area contributed by atoms with Crippen LogP contribution >= 0.6 is 0 Å². The lowest BCUT2D eigenvalue weighted by molar-refractivity contribution is 0.0909. The highest BCUT2D eigenvalue weighted by atomic mass is 32.2. The minimum absolute atomic E-state index is 0.0654. The SMILES string of the molecule is CC(=O)c1ccc(S(=O)(=O)Nc2ccc(C(=O)NC3CCCCC3C)cc2)cc1. The number of benzene rings is 2. The number of Topliss-reactive ketones (excluding diaryl/α,β-unsaturated/α-hetero) is 1. The number of carbonyl (C=O) groups is 2. The van der Waals surface area contributed by atoms with Crippen LogP contribution in [-0.2, 0) is 10.0 Å². The number of hydrogen-bond acceptors (Lipinski definition) is 4. The molecule has 0 aromatic heterocycles. The maximum atomic E-state index is 12.5. The average Bonchev–Trinajstić information content (AvgIpc) is 2.70. The van der Waals surface area contributed by atoms with Crippen LogP contribution in [0.2, 0.25) is 0 Å². The number of ketones is 1. The Morgan fingerprint density at radius 2 is 1.48 bits per heavy atom. The maximum absolute atomic E-state index is 12.5. The lowest BCUT2D eigenvalue weighted by Crippen LogP contribution is -2.41. The van der Waals surface area contributed by atoms with Crippen molar-refractivity contribution < 1.29 is 18.0 Å². The van der Waals surface area contributed by atoms with E-state index in [1.807, 2.05) is 0 Å². The van der Waals surface area contributed by atoms with Crippen LogP contribution in [0.1, 0.15) is 60.2 Å². The second-order valence-electron chi connectivity index (χ2n) is 7.61. The van der Waals surface area contributed by atoms with Crippen LogP contribution in [0.25, 0.3) is 0 Å².